The third-order valence-electron chi connectivity index (χ3n) is 6.36. The molecule has 1 saturated heterocycles. The van der Waals surface area contributed by atoms with Crippen molar-refractivity contribution >= 4 is 33.2 Å². The van der Waals surface area contributed by atoms with E-state index in [1.165, 1.54) is 12.4 Å². The maximum Gasteiger partial charge on any atom is 0.534 e. The van der Waals surface area contributed by atoms with Crippen LogP contribution in [0.2, 0.25) is 0 Å². The third kappa shape index (κ3) is 5.69. The predicted molar refractivity (Wildman–Crippen MR) is 142 cm³/mol. The maximum absolute atomic E-state index is 12.9. The van der Waals surface area contributed by atoms with Crippen molar-refractivity contribution < 1.29 is 25.8 Å². The van der Waals surface area contributed by atoms with Crippen LogP contribution in [0.25, 0.3) is 16.6 Å². The van der Waals surface area contributed by atoms with E-state index >= 15 is 0 Å². The molecule has 0 amide bonds. The van der Waals surface area contributed by atoms with Gasteiger partial charge in [0, 0.05) is 56.2 Å². The monoisotopic (exact) mass is 589 g/mol. The minimum absolute atomic E-state index is 0.152. The fraction of sp³-hybridized carbons (Fsp3) is 0.280. The SMILES string of the molecule is CSc1ccc(CN2CCN(c3ccc(-c4cc(OS(=O)(=O)C(F)(F)F)cn5ncc(C#N)c45)cn3)CC2)cn1. The highest BCUT2D eigenvalue weighted by molar-refractivity contribution is 7.98. The summed E-state index contributed by atoms with van der Waals surface area (Å²) in [6.45, 7) is 3.93. The highest BCUT2D eigenvalue weighted by Gasteiger charge is 2.48. The van der Waals surface area contributed by atoms with Crippen LogP contribution >= 0.6 is 11.8 Å². The summed E-state index contributed by atoms with van der Waals surface area (Å²) in [5, 5.41) is 14.4. The molecule has 10 nitrogen and oxygen atoms in total. The number of aromatic nitrogens is 4. The molecule has 1 aliphatic heterocycles. The first-order chi connectivity index (χ1) is 19.1. The number of pyridine rings is 3. The van der Waals surface area contributed by atoms with Gasteiger partial charge in [-0.1, -0.05) is 6.07 Å². The number of hydrogen-bond donors (Lipinski definition) is 0. The Morgan fingerprint density at radius 2 is 1.85 bits per heavy atom. The number of rotatable bonds is 7. The van der Waals surface area contributed by atoms with Crippen LogP contribution in [0, 0.1) is 11.3 Å². The van der Waals surface area contributed by atoms with E-state index in [-0.39, 0.29) is 16.6 Å². The number of thioether (sulfide) groups is 1. The van der Waals surface area contributed by atoms with Gasteiger partial charge in [0.25, 0.3) is 0 Å². The first-order valence-corrected chi connectivity index (χ1v) is 14.6. The van der Waals surface area contributed by atoms with E-state index in [2.05, 4.69) is 35.1 Å². The van der Waals surface area contributed by atoms with Gasteiger partial charge in [0.2, 0.25) is 0 Å². The van der Waals surface area contributed by atoms with Crippen molar-refractivity contribution in [1.29, 1.82) is 5.26 Å². The molecule has 0 N–H and O–H groups in total. The van der Waals surface area contributed by atoms with Gasteiger partial charge < -0.3 is 9.08 Å². The van der Waals surface area contributed by atoms with Crippen LogP contribution in [-0.2, 0) is 16.7 Å². The Hall–Kier alpha value is -3.87. The molecular formula is C25H22F3N7O3S2. The Labute approximate surface area is 232 Å². The van der Waals surface area contributed by atoms with Crippen molar-refractivity contribution in [3.05, 3.63) is 66.2 Å². The molecule has 15 heteroatoms. The molecule has 5 rings (SSSR count). The van der Waals surface area contributed by atoms with Crippen LogP contribution in [0.15, 0.2) is 60.1 Å². The number of fused-ring (bicyclic) bond motifs is 1. The van der Waals surface area contributed by atoms with Crippen LogP contribution < -0.4 is 9.08 Å². The van der Waals surface area contributed by atoms with Crippen LogP contribution in [0.1, 0.15) is 11.1 Å². The molecule has 5 heterocycles. The molecule has 0 aromatic carbocycles. The first kappa shape index (κ1) is 27.7. The van der Waals surface area contributed by atoms with Gasteiger partial charge in [0.05, 0.1) is 28.5 Å². The first-order valence-electron chi connectivity index (χ1n) is 11.9. The van der Waals surface area contributed by atoms with Crippen LogP contribution in [-0.4, -0.2) is 70.8 Å². The Morgan fingerprint density at radius 3 is 2.45 bits per heavy atom. The average molecular weight is 590 g/mol. The zero-order valence-corrected chi connectivity index (χ0v) is 22.7. The van der Waals surface area contributed by atoms with E-state index in [4.69, 9.17) is 0 Å². The minimum atomic E-state index is -5.90. The highest BCUT2D eigenvalue weighted by Crippen LogP contribution is 2.34. The van der Waals surface area contributed by atoms with Gasteiger partial charge in [-0.05, 0) is 36.1 Å². The summed E-state index contributed by atoms with van der Waals surface area (Å²) in [5.74, 6) is 0.109. The lowest BCUT2D eigenvalue weighted by molar-refractivity contribution is -0.0500. The minimum Gasteiger partial charge on any atom is -0.374 e. The Morgan fingerprint density at radius 1 is 1.07 bits per heavy atom. The number of hydrogen-bond acceptors (Lipinski definition) is 10. The zero-order valence-electron chi connectivity index (χ0n) is 21.0. The molecule has 0 aliphatic carbocycles. The van der Waals surface area contributed by atoms with Gasteiger partial charge in [-0.25, -0.2) is 14.5 Å². The van der Waals surface area contributed by atoms with E-state index in [0.29, 0.717) is 11.4 Å². The van der Waals surface area contributed by atoms with E-state index in [1.54, 1.807) is 23.9 Å². The standard InChI is InChI=1S/C25H22F3N7O3S2/c1-39-23-5-2-17(12-31-23)15-33-6-8-34(9-7-33)22-4-3-18(13-30-22)21-10-20(38-40(36,37)25(26,27)28)16-35-24(21)19(11-29)14-32-35/h2-5,10,12-14,16H,6-9,15H2,1H3. The van der Waals surface area contributed by atoms with E-state index in [9.17, 15) is 26.9 Å². The second-order valence-electron chi connectivity index (χ2n) is 8.91. The molecule has 208 valence electrons. The Kier molecular flexibility index (Phi) is 7.58. The molecule has 1 aliphatic rings. The largest absolute Gasteiger partial charge is 0.534 e. The summed E-state index contributed by atoms with van der Waals surface area (Å²) in [5.41, 5.74) is -3.34. The molecule has 0 spiro atoms. The summed E-state index contributed by atoms with van der Waals surface area (Å²) in [6.07, 6.45) is 7.60. The molecule has 0 atom stereocenters. The van der Waals surface area contributed by atoms with Crippen molar-refractivity contribution in [2.75, 3.05) is 37.3 Å². The number of nitrogens with zero attached hydrogens (tertiary/aromatic N) is 7. The van der Waals surface area contributed by atoms with Gasteiger partial charge in [-0.15, -0.1) is 11.8 Å². The number of piperazine rings is 1. The second-order valence-corrected chi connectivity index (χ2v) is 11.3. The van der Waals surface area contributed by atoms with E-state index in [1.807, 2.05) is 24.6 Å². The smallest absolute Gasteiger partial charge is 0.374 e. The Bertz CT molecular complexity index is 1660. The maximum atomic E-state index is 12.9. The van der Waals surface area contributed by atoms with Gasteiger partial charge in [-0.3, -0.25) is 4.90 Å². The van der Waals surface area contributed by atoms with Crippen LogP contribution in [0.3, 0.4) is 0 Å². The summed E-state index contributed by atoms with van der Waals surface area (Å²) >= 11 is 1.60. The fourth-order valence-corrected chi connectivity index (χ4v) is 5.17. The molecule has 0 unspecified atom stereocenters. The molecule has 0 radical (unpaired) electrons. The van der Waals surface area contributed by atoms with Crippen molar-refractivity contribution in [2.24, 2.45) is 0 Å². The topological polar surface area (TPSA) is 117 Å². The summed E-state index contributed by atoms with van der Waals surface area (Å²) < 4.78 is 67.3. The van der Waals surface area contributed by atoms with Crippen molar-refractivity contribution in [3.8, 4) is 22.9 Å². The van der Waals surface area contributed by atoms with Gasteiger partial charge in [0.1, 0.15) is 11.9 Å². The molecular weight excluding hydrogens is 567 g/mol. The molecule has 0 saturated carbocycles. The fourth-order valence-electron chi connectivity index (χ4n) is 4.37. The Balaban J connectivity index is 1.34. The van der Waals surface area contributed by atoms with E-state index in [0.717, 1.165) is 60.1 Å². The molecule has 40 heavy (non-hydrogen) atoms. The summed E-state index contributed by atoms with van der Waals surface area (Å²) in [6, 6.07) is 10.7. The number of anilines is 1. The van der Waals surface area contributed by atoms with Gasteiger partial charge >= 0.3 is 15.6 Å². The number of nitriles is 1. The third-order valence-corrected chi connectivity index (χ3v) is 8.00. The van der Waals surface area contributed by atoms with Crippen molar-refractivity contribution in [2.45, 2.75) is 17.1 Å². The predicted octanol–water partition coefficient (Wildman–Crippen LogP) is 3.94. The zero-order chi connectivity index (χ0) is 28.5. The second kappa shape index (κ2) is 11.0. The quantitative estimate of drug-likeness (QED) is 0.178. The normalized spacial score (nSPS) is 14.8. The van der Waals surface area contributed by atoms with Crippen molar-refractivity contribution in [3.63, 3.8) is 0 Å². The summed E-state index contributed by atoms with van der Waals surface area (Å²) in [7, 11) is -5.90. The molecule has 4 aromatic rings. The van der Waals surface area contributed by atoms with Gasteiger partial charge in [0.15, 0.2) is 5.75 Å². The molecule has 1 fully saturated rings. The van der Waals surface area contributed by atoms with E-state index < -0.39 is 21.4 Å². The summed E-state index contributed by atoms with van der Waals surface area (Å²) in [4.78, 5) is 13.4. The molecule has 4 aromatic heterocycles. The lowest BCUT2D eigenvalue weighted by Gasteiger charge is -2.35. The molecule has 0 bridgehead atoms. The lowest BCUT2D eigenvalue weighted by atomic mass is 10.1. The van der Waals surface area contributed by atoms with Crippen LogP contribution in [0.4, 0.5) is 19.0 Å². The highest BCUT2D eigenvalue weighted by atomic mass is 32.2. The average Bonchev–Trinajstić information content (AvgIpc) is 3.36. The van der Waals surface area contributed by atoms with Gasteiger partial charge in [-0.2, -0.15) is 31.9 Å². The number of halogens is 3. The van der Waals surface area contributed by atoms with Crippen LogP contribution in [0.5, 0.6) is 5.75 Å². The van der Waals surface area contributed by atoms with Crippen molar-refractivity contribution in [1.82, 2.24) is 24.5 Å². The number of alkyl halides is 3. The lowest BCUT2D eigenvalue weighted by Crippen LogP contribution is -2.46.